The SMILES string of the molecule is CCC(C)O[Si](O[SiH2][Si](C)([SiH2]O[Si](OC(C)CC)(OC(C)CC)OC(C)CC)[SiH2]O[Si](OC(C)CC)(OC(C)CC)OC(C)CC)(OC(C)CC)OC(C)CC. The topological polar surface area (TPSA) is 111 Å². The Morgan fingerprint density at radius 2 is 0.411 bits per heavy atom. The van der Waals surface area contributed by atoms with Crippen molar-refractivity contribution >= 4 is 61.6 Å². The second kappa shape index (κ2) is 29.4. The largest absolute Gasteiger partial charge is 0.669 e. The highest BCUT2D eigenvalue weighted by molar-refractivity contribution is 7.67. The van der Waals surface area contributed by atoms with E-state index in [0.29, 0.717) is 0 Å². The summed E-state index contributed by atoms with van der Waals surface area (Å²) in [6, 6.07) is 0. The maximum atomic E-state index is 7.22. The van der Waals surface area contributed by atoms with Crippen LogP contribution in [-0.2, 0) is 52.2 Å². The lowest BCUT2D eigenvalue weighted by atomic mass is 10.3. The molecule has 0 aliphatic rings. The molecule has 0 spiro atoms. The van der Waals surface area contributed by atoms with Gasteiger partial charge < -0.3 is 52.2 Å². The fraction of sp³-hybridized carbons (Fsp3) is 1.00. The summed E-state index contributed by atoms with van der Waals surface area (Å²) < 4.78 is 82.6. The molecule has 12 nitrogen and oxygen atoms in total. The first-order valence-corrected chi connectivity index (χ1v) is 38.3. The van der Waals surface area contributed by atoms with Gasteiger partial charge in [-0.05, 0) is 120 Å². The van der Waals surface area contributed by atoms with E-state index in [9.17, 15) is 0 Å². The zero-order chi connectivity index (χ0) is 43.2. The van der Waals surface area contributed by atoms with Crippen molar-refractivity contribution in [2.75, 3.05) is 0 Å². The second-order valence-corrected chi connectivity index (χ2v) is 56.2. The van der Waals surface area contributed by atoms with Gasteiger partial charge in [-0.25, -0.2) is 0 Å². The Morgan fingerprint density at radius 1 is 0.286 bits per heavy atom. The summed E-state index contributed by atoms with van der Waals surface area (Å²) in [6.45, 7) is 37.5. The fourth-order valence-electron chi connectivity index (χ4n) is 4.44. The number of rotatable bonds is 36. The molecule has 0 heterocycles. The molecule has 9 atom stereocenters. The molecular formula is C37H90O12Si7. The Morgan fingerprint density at radius 3 is 0.518 bits per heavy atom. The Balaban J connectivity index is 7.56. The summed E-state index contributed by atoms with van der Waals surface area (Å²) in [5.41, 5.74) is 0. The van der Waals surface area contributed by atoms with Crippen molar-refractivity contribution in [1.29, 1.82) is 0 Å². The first kappa shape index (κ1) is 57.0. The average molecular weight is 924 g/mol. The Hall–Kier alpha value is 1.04. The van der Waals surface area contributed by atoms with Gasteiger partial charge in [0.25, 0.3) is 0 Å². The first-order valence-electron chi connectivity index (χ1n) is 22.2. The summed E-state index contributed by atoms with van der Waals surface area (Å²) in [4.78, 5) is 0. The van der Waals surface area contributed by atoms with Crippen LogP contribution in [0.3, 0.4) is 0 Å². The molecule has 0 saturated heterocycles. The van der Waals surface area contributed by atoms with Gasteiger partial charge in [0.2, 0.25) is 0 Å². The summed E-state index contributed by atoms with van der Waals surface area (Å²) >= 11 is 0. The van der Waals surface area contributed by atoms with Gasteiger partial charge in [0.05, 0.1) is 0 Å². The number of hydrogen-bond donors (Lipinski definition) is 0. The molecule has 0 fully saturated rings. The smallest absolute Gasteiger partial charge is 0.403 e. The molecule has 0 aliphatic heterocycles. The summed E-state index contributed by atoms with van der Waals surface area (Å²) in [7, 11) is -15.2. The van der Waals surface area contributed by atoms with E-state index >= 15 is 0 Å². The maximum Gasteiger partial charge on any atom is 0.669 e. The van der Waals surface area contributed by atoms with Crippen molar-refractivity contribution < 1.29 is 52.2 Å². The van der Waals surface area contributed by atoms with Gasteiger partial charge >= 0.3 is 27.1 Å². The highest BCUT2D eigenvalue weighted by atomic mass is 29.9. The highest BCUT2D eigenvalue weighted by Crippen LogP contribution is 2.27. The third-order valence-electron chi connectivity index (χ3n) is 10.1. The zero-order valence-electron chi connectivity index (χ0n) is 39.6. The van der Waals surface area contributed by atoms with E-state index in [0.717, 1.165) is 57.8 Å². The van der Waals surface area contributed by atoms with Crippen LogP contribution in [-0.4, -0.2) is 117 Å². The molecule has 0 aromatic carbocycles. The van der Waals surface area contributed by atoms with Crippen LogP contribution in [0.5, 0.6) is 0 Å². The second-order valence-electron chi connectivity index (χ2n) is 16.2. The molecule has 0 rings (SSSR count). The van der Waals surface area contributed by atoms with Crippen molar-refractivity contribution in [3.05, 3.63) is 0 Å². The van der Waals surface area contributed by atoms with Crippen LogP contribution in [0.2, 0.25) is 6.55 Å². The van der Waals surface area contributed by atoms with E-state index in [2.05, 4.69) is 131 Å². The fourth-order valence-corrected chi connectivity index (χ4v) is 53.6. The van der Waals surface area contributed by atoms with E-state index in [-0.39, 0.29) is 54.9 Å². The molecular weight excluding hydrogens is 833 g/mol. The van der Waals surface area contributed by atoms with Crippen LogP contribution in [0.1, 0.15) is 182 Å². The minimum atomic E-state index is -3.63. The standard InChI is InChI=1S/C37H90O12Si7/c1-20-29(10)38-54(39-30(11)21-2,40-31(12)22-3)47-50-53(19,51-48-55(41-32(13)23-4,42-33(14)24-5)43-34(15)25-6)52-49-56(44-35(16)26-7,45-36(17)27-8)46-37(18)28-9/h29-37H,20-28,50-52H2,1-19H3. The van der Waals surface area contributed by atoms with Gasteiger partial charge in [-0.1, -0.05) is 68.9 Å². The van der Waals surface area contributed by atoms with Crippen molar-refractivity contribution in [3.8, 4) is 0 Å². The Kier molecular flexibility index (Phi) is 29.9. The Labute approximate surface area is 356 Å². The third-order valence-corrected chi connectivity index (χ3v) is 45.6. The quantitative estimate of drug-likeness (QED) is 0.0581. The summed E-state index contributed by atoms with van der Waals surface area (Å²) in [5, 5.41) is 0. The van der Waals surface area contributed by atoms with Crippen molar-refractivity contribution in [3.63, 3.8) is 0 Å². The predicted molar refractivity (Wildman–Crippen MR) is 245 cm³/mol. The minimum absolute atomic E-state index is 0.104. The lowest BCUT2D eigenvalue weighted by molar-refractivity contribution is -0.0574. The Bertz CT molecular complexity index is 785. The van der Waals surface area contributed by atoms with E-state index in [1.54, 1.807) is 0 Å². The molecule has 0 aromatic heterocycles. The van der Waals surface area contributed by atoms with Gasteiger partial charge in [0, 0.05) is 54.9 Å². The van der Waals surface area contributed by atoms with E-state index in [4.69, 9.17) is 52.2 Å². The molecule has 0 aliphatic carbocycles. The number of hydrogen-bond acceptors (Lipinski definition) is 12. The van der Waals surface area contributed by atoms with Gasteiger partial charge in [-0.3, -0.25) is 0 Å². The van der Waals surface area contributed by atoms with Crippen LogP contribution >= 0.6 is 0 Å². The van der Waals surface area contributed by atoms with Crippen LogP contribution < -0.4 is 0 Å². The molecule has 56 heavy (non-hydrogen) atoms. The molecule has 0 amide bonds. The van der Waals surface area contributed by atoms with Crippen LogP contribution in [0.15, 0.2) is 0 Å². The molecule has 9 unspecified atom stereocenters. The molecule has 19 heteroatoms. The van der Waals surface area contributed by atoms with E-state index < -0.39 is 61.6 Å². The molecule has 0 aromatic rings. The maximum absolute atomic E-state index is 7.22. The van der Waals surface area contributed by atoms with E-state index in [1.165, 1.54) is 0 Å². The molecule has 0 radical (unpaired) electrons. The summed E-state index contributed by atoms with van der Waals surface area (Å²) in [6.07, 6.45) is 6.31. The summed E-state index contributed by atoms with van der Waals surface area (Å²) in [5.74, 6) is 0. The van der Waals surface area contributed by atoms with Crippen LogP contribution in [0.25, 0.3) is 0 Å². The minimum Gasteiger partial charge on any atom is -0.403 e. The average Bonchev–Trinajstić information content (AvgIpc) is 3.17. The molecule has 0 saturated carbocycles. The van der Waals surface area contributed by atoms with Gasteiger partial charge in [0.1, 0.15) is 34.5 Å². The lowest BCUT2D eigenvalue weighted by Gasteiger charge is -2.40. The molecule has 0 bridgehead atoms. The van der Waals surface area contributed by atoms with Crippen molar-refractivity contribution in [2.45, 2.75) is 244 Å². The van der Waals surface area contributed by atoms with Gasteiger partial charge in [-0.2, -0.15) is 0 Å². The normalized spacial score (nSPS) is 22.3. The first-order chi connectivity index (χ1) is 26.2. The zero-order valence-corrected chi connectivity index (χ0v) is 47.8. The lowest BCUT2D eigenvalue weighted by Crippen LogP contribution is -2.67. The third kappa shape index (κ3) is 22.2. The van der Waals surface area contributed by atoms with Gasteiger partial charge in [0.15, 0.2) is 0 Å². The van der Waals surface area contributed by atoms with Crippen LogP contribution in [0, 0.1) is 0 Å². The van der Waals surface area contributed by atoms with Gasteiger partial charge in [-0.15, -0.1) is 0 Å². The molecule has 338 valence electrons. The monoisotopic (exact) mass is 922 g/mol. The van der Waals surface area contributed by atoms with E-state index in [1.807, 2.05) is 0 Å². The van der Waals surface area contributed by atoms with Crippen molar-refractivity contribution in [2.24, 2.45) is 0 Å². The predicted octanol–water partition coefficient (Wildman–Crippen LogP) is 7.50. The van der Waals surface area contributed by atoms with Crippen LogP contribution in [0.4, 0.5) is 0 Å². The molecule has 0 N–H and O–H groups in total. The van der Waals surface area contributed by atoms with Crippen molar-refractivity contribution in [1.82, 2.24) is 0 Å². The highest BCUT2D eigenvalue weighted by Gasteiger charge is 2.56.